The average molecular weight is 277 g/mol. The molecule has 0 saturated heterocycles. The molecule has 20 heavy (non-hydrogen) atoms. The van der Waals surface area contributed by atoms with Crippen molar-refractivity contribution in [3.8, 4) is 0 Å². The molecule has 0 atom stereocenters. The van der Waals surface area contributed by atoms with Crippen molar-refractivity contribution in [2.75, 3.05) is 18.5 Å². The molecule has 106 valence electrons. The number of benzene rings is 1. The topological polar surface area (TPSA) is 109 Å². The van der Waals surface area contributed by atoms with Gasteiger partial charge in [0.25, 0.3) is 5.69 Å². The maximum atomic E-state index is 11.0. The molecule has 2 aromatic rings. The van der Waals surface area contributed by atoms with Gasteiger partial charge in [-0.2, -0.15) is 0 Å². The van der Waals surface area contributed by atoms with Crippen LogP contribution >= 0.6 is 0 Å². The van der Waals surface area contributed by atoms with Crippen LogP contribution in [0.2, 0.25) is 0 Å². The summed E-state index contributed by atoms with van der Waals surface area (Å²) in [6, 6.07) is 6.31. The molecule has 1 aromatic heterocycles. The summed E-state index contributed by atoms with van der Waals surface area (Å²) in [5.41, 5.74) is -0.162. The van der Waals surface area contributed by atoms with Gasteiger partial charge in [-0.1, -0.05) is 12.1 Å². The number of aliphatic hydroxyl groups excluding tert-OH is 2. The first-order valence-electron chi connectivity index (χ1n) is 6.03. The Balaban J connectivity index is 2.56. The molecule has 3 N–H and O–H groups in total. The molecule has 0 unspecified atom stereocenters. The van der Waals surface area contributed by atoms with Gasteiger partial charge in [0.15, 0.2) is 0 Å². The molecule has 0 saturated carbocycles. The molecule has 0 bridgehead atoms. The minimum absolute atomic E-state index is 0.0825. The minimum Gasteiger partial charge on any atom is -0.394 e. The number of aliphatic hydroxyl groups is 2. The number of aromatic nitrogens is 1. The van der Waals surface area contributed by atoms with Crippen LogP contribution in [-0.4, -0.2) is 38.9 Å². The van der Waals surface area contributed by atoms with Gasteiger partial charge in [0.1, 0.15) is 5.52 Å². The van der Waals surface area contributed by atoms with Crippen molar-refractivity contribution >= 4 is 22.3 Å². The Kier molecular flexibility index (Phi) is 3.82. The predicted octanol–water partition coefficient (Wildman–Crippen LogP) is 1.30. The number of pyridine rings is 1. The van der Waals surface area contributed by atoms with E-state index in [4.69, 9.17) is 0 Å². The molecule has 7 heteroatoms. The summed E-state index contributed by atoms with van der Waals surface area (Å²) in [7, 11) is 0. The molecule has 0 aliphatic heterocycles. The molecule has 0 fully saturated rings. The van der Waals surface area contributed by atoms with Crippen LogP contribution < -0.4 is 5.32 Å². The van der Waals surface area contributed by atoms with Gasteiger partial charge in [0.05, 0.1) is 23.7 Å². The number of rotatable bonds is 5. The quantitative estimate of drug-likeness (QED) is 0.561. The molecule has 2 rings (SSSR count). The van der Waals surface area contributed by atoms with E-state index in [-0.39, 0.29) is 24.4 Å². The standard InChI is InChI=1S/C13H15N3O4/c1-13(7-17,8-18)15-10-5-6-14-12-9(10)3-2-4-11(12)16(19)20/h2-6,17-18H,7-8H2,1H3,(H,14,15). The molecule has 0 spiro atoms. The van der Waals surface area contributed by atoms with Crippen molar-refractivity contribution in [3.05, 3.63) is 40.6 Å². The van der Waals surface area contributed by atoms with Crippen LogP contribution in [-0.2, 0) is 0 Å². The van der Waals surface area contributed by atoms with Crippen molar-refractivity contribution in [3.63, 3.8) is 0 Å². The lowest BCUT2D eigenvalue weighted by molar-refractivity contribution is -0.383. The highest BCUT2D eigenvalue weighted by Gasteiger charge is 2.23. The number of hydrogen-bond donors (Lipinski definition) is 3. The Morgan fingerprint density at radius 2 is 2.05 bits per heavy atom. The third kappa shape index (κ3) is 2.54. The highest BCUT2D eigenvalue weighted by Crippen LogP contribution is 2.29. The number of nitrogens with zero attached hydrogens (tertiary/aromatic N) is 2. The van der Waals surface area contributed by atoms with E-state index < -0.39 is 10.5 Å². The summed E-state index contributed by atoms with van der Waals surface area (Å²) >= 11 is 0. The van der Waals surface area contributed by atoms with E-state index in [9.17, 15) is 20.3 Å². The average Bonchev–Trinajstić information content (AvgIpc) is 2.46. The van der Waals surface area contributed by atoms with E-state index in [1.165, 1.54) is 12.3 Å². The molecule has 1 heterocycles. The fourth-order valence-electron chi connectivity index (χ4n) is 1.87. The number of non-ortho nitro benzene ring substituents is 1. The third-order valence-electron chi connectivity index (χ3n) is 3.08. The van der Waals surface area contributed by atoms with Crippen molar-refractivity contribution in [2.24, 2.45) is 0 Å². The summed E-state index contributed by atoms with van der Waals surface area (Å²) in [6.45, 7) is 1.10. The number of hydrogen-bond acceptors (Lipinski definition) is 6. The largest absolute Gasteiger partial charge is 0.394 e. The molecule has 0 aliphatic rings. The van der Waals surface area contributed by atoms with Gasteiger partial charge in [-0.15, -0.1) is 0 Å². The van der Waals surface area contributed by atoms with E-state index in [0.717, 1.165) is 0 Å². The van der Waals surface area contributed by atoms with Gasteiger partial charge in [0.2, 0.25) is 0 Å². The SMILES string of the molecule is CC(CO)(CO)Nc1ccnc2c([N+](=O)[O-])cccc12. The summed E-state index contributed by atoms with van der Waals surface area (Å²) in [4.78, 5) is 14.5. The van der Waals surface area contributed by atoms with Crippen molar-refractivity contribution in [1.82, 2.24) is 4.98 Å². The number of fused-ring (bicyclic) bond motifs is 1. The van der Waals surface area contributed by atoms with E-state index in [0.29, 0.717) is 11.1 Å². The predicted molar refractivity (Wildman–Crippen MR) is 74.6 cm³/mol. The number of anilines is 1. The van der Waals surface area contributed by atoms with Gasteiger partial charge >= 0.3 is 0 Å². The van der Waals surface area contributed by atoms with E-state index >= 15 is 0 Å². The van der Waals surface area contributed by atoms with Crippen molar-refractivity contribution in [2.45, 2.75) is 12.5 Å². The second-order valence-electron chi connectivity index (χ2n) is 4.79. The highest BCUT2D eigenvalue weighted by molar-refractivity contribution is 5.96. The van der Waals surface area contributed by atoms with Gasteiger partial charge in [-0.05, 0) is 13.0 Å². The lowest BCUT2D eigenvalue weighted by atomic mass is 10.0. The lowest BCUT2D eigenvalue weighted by Gasteiger charge is -2.28. The van der Waals surface area contributed by atoms with Crippen LogP contribution in [0.15, 0.2) is 30.5 Å². The molecular weight excluding hydrogens is 262 g/mol. The van der Waals surface area contributed by atoms with Crippen LogP contribution in [0.25, 0.3) is 10.9 Å². The Hall–Kier alpha value is -2.25. The second kappa shape index (κ2) is 5.40. The van der Waals surface area contributed by atoms with E-state index in [1.54, 1.807) is 25.1 Å². The van der Waals surface area contributed by atoms with Crippen LogP contribution in [0, 0.1) is 10.1 Å². The van der Waals surface area contributed by atoms with Crippen LogP contribution in [0.4, 0.5) is 11.4 Å². The first-order chi connectivity index (χ1) is 9.50. The number of nitrogens with one attached hydrogen (secondary N) is 1. The smallest absolute Gasteiger partial charge is 0.295 e. The zero-order valence-corrected chi connectivity index (χ0v) is 10.9. The Morgan fingerprint density at radius 1 is 1.35 bits per heavy atom. The monoisotopic (exact) mass is 277 g/mol. The Bertz CT molecular complexity index is 641. The fourth-order valence-corrected chi connectivity index (χ4v) is 1.87. The van der Waals surface area contributed by atoms with Crippen LogP contribution in [0.5, 0.6) is 0 Å². The summed E-state index contributed by atoms with van der Waals surface area (Å²) in [5.74, 6) is 0. The van der Waals surface area contributed by atoms with E-state index in [2.05, 4.69) is 10.3 Å². The number of nitro groups is 1. The van der Waals surface area contributed by atoms with Crippen molar-refractivity contribution < 1.29 is 15.1 Å². The normalized spacial score (nSPS) is 11.6. The number of nitro benzene ring substituents is 1. The zero-order chi connectivity index (χ0) is 14.8. The molecule has 0 radical (unpaired) electrons. The molecule has 1 aromatic carbocycles. The maximum Gasteiger partial charge on any atom is 0.295 e. The van der Waals surface area contributed by atoms with Crippen LogP contribution in [0.3, 0.4) is 0 Å². The highest BCUT2D eigenvalue weighted by atomic mass is 16.6. The second-order valence-corrected chi connectivity index (χ2v) is 4.79. The molecule has 7 nitrogen and oxygen atoms in total. The van der Waals surface area contributed by atoms with E-state index in [1.807, 2.05) is 0 Å². The minimum atomic E-state index is -0.918. The summed E-state index contributed by atoms with van der Waals surface area (Å²) < 4.78 is 0. The molecule has 0 aliphatic carbocycles. The van der Waals surface area contributed by atoms with Gasteiger partial charge in [0, 0.05) is 23.3 Å². The zero-order valence-electron chi connectivity index (χ0n) is 10.9. The van der Waals surface area contributed by atoms with Crippen molar-refractivity contribution in [1.29, 1.82) is 0 Å². The molecular formula is C13H15N3O4. The van der Waals surface area contributed by atoms with Gasteiger partial charge in [-0.3, -0.25) is 10.1 Å². The molecule has 0 amide bonds. The summed E-state index contributed by atoms with van der Waals surface area (Å²) in [5, 5.41) is 33.2. The lowest BCUT2D eigenvalue weighted by Crippen LogP contribution is -2.42. The Labute approximate surface area is 115 Å². The fraction of sp³-hybridized carbons (Fsp3) is 0.308. The van der Waals surface area contributed by atoms with Crippen LogP contribution in [0.1, 0.15) is 6.92 Å². The Morgan fingerprint density at radius 3 is 2.65 bits per heavy atom. The first-order valence-corrected chi connectivity index (χ1v) is 6.03. The van der Waals surface area contributed by atoms with Gasteiger partial charge in [-0.25, -0.2) is 4.98 Å². The first kappa shape index (κ1) is 14.2. The number of para-hydroxylation sites is 1. The maximum absolute atomic E-state index is 11.0. The third-order valence-corrected chi connectivity index (χ3v) is 3.08. The summed E-state index contributed by atoms with van der Waals surface area (Å²) in [6.07, 6.45) is 1.45. The van der Waals surface area contributed by atoms with Gasteiger partial charge < -0.3 is 15.5 Å².